The lowest BCUT2D eigenvalue weighted by atomic mass is 10.3. The van der Waals surface area contributed by atoms with Crippen molar-refractivity contribution in [2.45, 2.75) is 41.4 Å². The third kappa shape index (κ3) is 6.32. The number of thiophene rings is 2. The summed E-state index contributed by atoms with van der Waals surface area (Å²) in [5.41, 5.74) is 2.38. The van der Waals surface area contributed by atoms with Gasteiger partial charge in [0.1, 0.15) is 6.61 Å². The molecule has 0 aliphatic carbocycles. The monoisotopic (exact) mass is 314 g/mol. The van der Waals surface area contributed by atoms with E-state index in [1.807, 2.05) is 36.7 Å². The van der Waals surface area contributed by atoms with Gasteiger partial charge in [-0.25, -0.2) is 0 Å². The van der Waals surface area contributed by atoms with Crippen molar-refractivity contribution in [3.63, 3.8) is 0 Å². The number of aryl methyl sites for hydroxylation is 2. The summed E-state index contributed by atoms with van der Waals surface area (Å²) in [5.74, 6) is -0.224. The first-order chi connectivity index (χ1) is 9.04. The Morgan fingerprint density at radius 3 is 1.95 bits per heavy atom. The molecular weight excluding hydrogens is 292 g/mol. The van der Waals surface area contributed by atoms with E-state index in [1.165, 1.54) is 18.1 Å². The average Bonchev–Trinajstić information content (AvgIpc) is 2.96. The van der Waals surface area contributed by atoms with Gasteiger partial charge >= 0.3 is 5.97 Å². The Balaban J connectivity index is 0.000000359. The maximum absolute atomic E-state index is 10.4. The fourth-order valence-corrected chi connectivity index (χ4v) is 2.87. The van der Waals surface area contributed by atoms with Crippen LogP contribution in [0.15, 0.2) is 22.9 Å². The molecule has 0 aliphatic rings. The van der Waals surface area contributed by atoms with E-state index < -0.39 is 0 Å². The lowest BCUT2D eigenvalue weighted by Crippen LogP contribution is -1.97. The predicted octanol–water partition coefficient (Wildman–Crippen LogP) is 4.30. The molecule has 0 bridgehead atoms. The van der Waals surface area contributed by atoms with Crippen LogP contribution in [0.1, 0.15) is 35.2 Å². The molecule has 0 aliphatic heterocycles. The molecule has 2 heterocycles. The molecule has 20 heavy (non-hydrogen) atoms. The number of ether oxygens (including phenoxy) is 1. The standard InChI is InChI=1S/C8H10O2S.C6H8OS.CH4/c1-6-3-4-11-8(6)5-10-7(2)9;1-5-2-3-8-6(5)4-7;/h3-4H,5H2,1-2H3;2-3,7H,4H2,1H3;1H4. The van der Waals surface area contributed by atoms with Crippen molar-refractivity contribution in [1.82, 2.24) is 0 Å². The molecule has 112 valence electrons. The van der Waals surface area contributed by atoms with Gasteiger partial charge in [0.2, 0.25) is 0 Å². The van der Waals surface area contributed by atoms with E-state index in [4.69, 9.17) is 9.84 Å². The molecule has 0 saturated carbocycles. The first-order valence-corrected chi connectivity index (χ1v) is 7.60. The highest BCUT2D eigenvalue weighted by atomic mass is 32.1. The normalized spacial score (nSPS) is 9.20. The second kappa shape index (κ2) is 9.69. The van der Waals surface area contributed by atoms with Crippen molar-refractivity contribution >= 4 is 28.6 Å². The van der Waals surface area contributed by atoms with E-state index in [0.717, 1.165) is 9.75 Å². The van der Waals surface area contributed by atoms with Gasteiger partial charge in [-0.3, -0.25) is 4.79 Å². The van der Waals surface area contributed by atoms with Crippen molar-refractivity contribution in [3.05, 3.63) is 43.8 Å². The van der Waals surface area contributed by atoms with Crippen LogP contribution in [-0.4, -0.2) is 11.1 Å². The third-order valence-electron chi connectivity index (χ3n) is 2.49. The van der Waals surface area contributed by atoms with Gasteiger partial charge in [-0.1, -0.05) is 7.43 Å². The number of carbonyl (C=O) groups excluding carboxylic acids is 1. The van der Waals surface area contributed by atoms with Crippen molar-refractivity contribution < 1.29 is 14.6 Å². The second-order valence-corrected chi connectivity index (χ2v) is 5.99. The molecule has 2 aromatic heterocycles. The highest BCUT2D eigenvalue weighted by molar-refractivity contribution is 7.10. The Kier molecular flexibility index (Phi) is 9.12. The van der Waals surface area contributed by atoms with Crippen LogP contribution in [0.25, 0.3) is 0 Å². The summed E-state index contributed by atoms with van der Waals surface area (Å²) in [7, 11) is 0. The fourth-order valence-electron chi connectivity index (χ4n) is 1.29. The maximum Gasteiger partial charge on any atom is 0.302 e. The fraction of sp³-hybridized carbons (Fsp3) is 0.400. The Morgan fingerprint density at radius 1 is 1.15 bits per heavy atom. The molecule has 0 atom stereocenters. The Hall–Kier alpha value is -1.17. The lowest BCUT2D eigenvalue weighted by molar-refractivity contribution is -0.142. The van der Waals surface area contributed by atoms with E-state index in [9.17, 15) is 4.79 Å². The van der Waals surface area contributed by atoms with Crippen molar-refractivity contribution in [1.29, 1.82) is 0 Å². The van der Waals surface area contributed by atoms with Crippen LogP contribution in [0.2, 0.25) is 0 Å². The molecule has 1 N–H and O–H groups in total. The molecule has 0 unspecified atom stereocenters. The summed E-state index contributed by atoms with van der Waals surface area (Å²) in [6, 6.07) is 4.03. The lowest BCUT2D eigenvalue weighted by Gasteiger charge is -1.99. The van der Waals surface area contributed by atoms with Crippen LogP contribution in [0.3, 0.4) is 0 Å². The molecule has 0 spiro atoms. The number of esters is 1. The van der Waals surface area contributed by atoms with Crippen LogP contribution >= 0.6 is 22.7 Å². The molecule has 2 aromatic rings. The summed E-state index contributed by atoms with van der Waals surface area (Å²) in [5, 5.41) is 12.6. The first-order valence-electron chi connectivity index (χ1n) is 5.84. The third-order valence-corrected chi connectivity index (χ3v) is 4.49. The molecule has 2 rings (SSSR count). The minimum atomic E-state index is -0.224. The number of hydrogen-bond acceptors (Lipinski definition) is 5. The topological polar surface area (TPSA) is 46.5 Å². The minimum Gasteiger partial charge on any atom is -0.460 e. The second-order valence-electron chi connectivity index (χ2n) is 3.99. The summed E-state index contributed by atoms with van der Waals surface area (Å²) in [6.45, 7) is 6.03. The van der Waals surface area contributed by atoms with Crippen molar-refractivity contribution in [3.8, 4) is 0 Å². The van der Waals surface area contributed by atoms with Gasteiger partial charge in [-0.2, -0.15) is 0 Å². The highest BCUT2D eigenvalue weighted by Gasteiger charge is 2.00. The summed E-state index contributed by atoms with van der Waals surface area (Å²) in [4.78, 5) is 12.6. The summed E-state index contributed by atoms with van der Waals surface area (Å²) >= 11 is 3.21. The minimum absolute atomic E-state index is 0. The zero-order chi connectivity index (χ0) is 14.3. The number of aliphatic hydroxyl groups is 1. The van der Waals surface area contributed by atoms with E-state index in [-0.39, 0.29) is 20.0 Å². The highest BCUT2D eigenvalue weighted by Crippen LogP contribution is 2.16. The largest absolute Gasteiger partial charge is 0.460 e. The first kappa shape index (κ1) is 18.8. The number of aliphatic hydroxyl groups excluding tert-OH is 1. The number of rotatable bonds is 3. The molecule has 5 heteroatoms. The summed E-state index contributed by atoms with van der Waals surface area (Å²) in [6.07, 6.45) is 0. The average molecular weight is 314 g/mol. The molecule has 0 aromatic carbocycles. The molecule has 0 fully saturated rings. The summed E-state index contributed by atoms with van der Waals surface area (Å²) < 4.78 is 4.84. The van der Waals surface area contributed by atoms with Crippen LogP contribution in [0.5, 0.6) is 0 Å². The predicted molar refractivity (Wildman–Crippen MR) is 86.2 cm³/mol. The van der Waals surface area contributed by atoms with E-state index >= 15 is 0 Å². The Morgan fingerprint density at radius 2 is 1.65 bits per heavy atom. The van der Waals surface area contributed by atoms with Crippen LogP contribution in [-0.2, 0) is 22.7 Å². The van der Waals surface area contributed by atoms with E-state index in [0.29, 0.717) is 6.61 Å². The number of carbonyl (C=O) groups is 1. The zero-order valence-electron chi connectivity index (χ0n) is 11.3. The maximum atomic E-state index is 10.4. The molecule has 0 saturated heterocycles. The van der Waals surface area contributed by atoms with Crippen LogP contribution < -0.4 is 0 Å². The van der Waals surface area contributed by atoms with Crippen molar-refractivity contribution in [2.24, 2.45) is 0 Å². The van der Waals surface area contributed by atoms with Gasteiger partial charge in [0.05, 0.1) is 6.61 Å². The zero-order valence-corrected chi connectivity index (χ0v) is 12.9. The molecule has 0 amide bonds. The quantitative estimate of drug-likeness (QED) is 0.859. The van der Waals surface area contributed by atoms with Crippen LogP contribution in [0.4, 0.5) is 0 Å². The molecule has 0 radical (unpaired) electrons. The number of hydrogen-bond donors (Lipinski definition) is 1. The molecule has 3 nitrogen and oxygen atoms in total. The Labute approximate surface area is 128 Å². The molecular formula is C15H22O3S2. The van der Waals surface area contributed by atoms with Crippen LogP contribution in [0, 0.1) is 13.8 Å². The smallest absolute Gasteiger partial charge is 0.302 e. The van der Waals surface area contributed by atoms with E-state index in [1.54, 1.807) is 22.7 Å². The van der Waals surface area contributed by atoms with Gasteiger partial charge in [-0.15, -0.1) is 22.7 Å². The van der Waals surface area contributed by atoms with Gasteiger partial charge in [-0.05, 0) is 47.9 Å². The SMILES string of the molecule is C.CC(=O)OCc1sccc1C.Cc1ccsc1CO. The van der Waals surface area contributed by atoms with Gasteiger partial charge in [0.15, 0.2) is 0 Å². The van der Waals surface area contributed by atoms with Gasteiger partial charge in [0.25, 0.3) is 0 Å². The van der Waals surface area contributed by atoms with E-state index in [2.05, 4.69) is 0 Å². The van der Waals surface area contributed by atoms with Gasteiger partial charge < -0.3 is 9.84 Å². The van der Waals surface area contributed by atoms with Crippen molar-refractivity contribution in [2.75, 3.05) is 0 Å². The van der Waals surface area contributed by atoms with Gasteiger partial charge in [0, 0.05) is 16.7 Å². The Bertz CT molecular complexity index is 515.